The lowest BCUT2D eigenvalue weighted by Crippen LogP contribution is -2.73. The van der Waals surface area contributed by atoms with E-state index in [0.29, 0.717) is 25.9 Å². The van der Waals surface area contributed by atoms with Crippen molar-refractivity contribution in [2.75, 3.05) is 26.2 Å². The van der Waals surface area contributed by atoms with Crippen molar-refractivity contribution in [1.82, 2.24) is 9.80 Å². The summed E-state index contributed by atoms with van der Waals surface area (Å²) in [5.74, 6) is 0. The van der Waals surface area contributed by atoms with E-state index in [1.165, 1.54) is 0 Å². The van der Waals surface area contributed by atoms with Crippen LogP contribution in [-0.4, -0.2) is 91.9 Å². The Morgan fingerprint density at radius 3 is 1.03 bits per heavy atom. The van der Waals surface area contributed by atoms with Crippen LogP contribution < -0.4 is 0 Å². The fraction of sp³-hybridized carbons (Fsp3) is 1.00. The first-order chi connectivity index (χ1) is 15.0. The van der Waals surface area contributed by atoms with E-state index < -0.39 is 35.5 Å². The first-order valence-electron chi connectivity index (χ1n) is 13.2. The van der Waals surface area contributed by atoms with Gasteiger partial charge in [-0.1, -0.05) is 40.5 Å². The van der Waals surface area contributed by atoms with Crippen LogP contribution in [0.3, 0.4) is 0 Å². The van der Waals surface area contributed by atoms with Crippen LogP contribution in [0.2, 0.25) is 0 Å². The van der Waals surface area contributed by atoms with Crippen molar-refractivity contribution in [3.8, 4) is 0 Å². The third-order valence-corrected chi connectivity index (χ3v) is 6.63. The molecule has 4 N–H and O–H groups in total. The summed E-state index contributed by atoms with van der Waals surface area (Å²) in [6.07, 6.45) is 4.60. The van der Waals surface area contributed by atoms with E-state index in [1.807, 2.05) is 27.7 Å². The topological polar surface area (TPSA) is 87.4 Å². The summed E-state index contributed by atoms with van der Waals surface area (Å²) in [7, 11) is 0. The van der Waals surface area contributed by atoms with Crippen LogP contribution in [0.4, 0.5) is 0 Å². The molecular formula is C26H56N2O4. The maximum atomic E-state index is 10.8. The number of rotatable bonds is 19. The molecule has 0 bridgehead atoms. The summed E-state index contributed by atoms with van der Waals surface area (Å²) in [4.78, 5) is 4.83. The Labute approximate surface area is 199 Å². The monoisotopic (exact) mass is 460 g/mol. The fourth-order valence-electron chi connectivity index (χ4n) is 6.15. The molecule has 0 aromatic rings. The van der Waals surface area contributed by atoms with Crippen molar-refractivity contribution in [3.63, 3.8) is 0 Å². The number of aliphatic hydroxyl groups excluding tert-OH is 4. The molecule has 0 rings (SSSR count). The van der Waals surface area contributed by atoms with Crippen LogP contribution in [0.15, 0.2) is 0 Å². The molecule has 0 aromatic carbocycles. The Balaban J connectivity index is 7.25. The largest absolute Gasteiger partial charge is 0.393 e. The molecule has 0 aliphatic carbocycles. The molecule has 0 aromatic heterocycles. The van der Waals surface area contributed by atoms with Crippen LogP contribution in [-0.2, 0) is 0 Å². The lowest BCUT2D eigenvalue weighted by Gasteiger charge is -2.62. The first kappa shape index (κ1) is 31.8. The number of hydrogen-bond acceptors (Lipinski definition) is 6. The highest BCUT2D eigenvalue weighted by Gasteiger charge is 2.56. The molecule has 0 heterocycles. The van der Waals surface area contributed by atoms with Crippen LogP contribution in [0.25, 0.3) is 0 Å². The lowest BCUT2D eigenvalue weighted by atomic mass is 9.63. The molecule has 6 nitrogen and oxygen atoms in total. The third-order valence-electron chi connectivity index (χ3n) is 6.63. The van der Waals surface area contributed by atoms with Gasteiger partial charge in [0.2, 0.25) is 0 Å². The Morgan fingerprint density at radius 2 is 0.844 bits per heavy atom. The number of aliphatic hydroxyl groups is 4. The molecule has 0 saturated heterocycles. The van der Waals surface area contributed by atoms with E-state index >= 15 is 0 Å². The van der Waals surface area contributed by atoms with Gasteiger partial charge < -0.3 is 20.4 Å². The van der Waals surface area contributed by atoms with E-state index in [4.69, 9.17) is 0 Å². The van der Waals surface area contributed by atoms with E-state index in [9.17, 15) is 20.4 Å². The van der Waals surface area contributed by atoms with Gasteiger partial charge in [0.1, 0.15) is 0 Å². The maximum absolute atomic E-state index is 10.8. The predicted octanol–water partition coefficient (Wildman–Crippen LogP) is 3.79. The summed E-state index contributed by atoms with van der Waals surface area (Å²) in [5.41, 5.74) is -0.889. The van der Waals surface area contributed by atoms with Gasteiger partial charge in [0.15, 0.2) is 0 Å². The summed E-state index contributed by atoms with van der Waals surface area (Å²) >= 11 is 0. The minimum atomic E-state index is -0.518. The van der Waals surface area contributed by atoms with Gasteiger partial charge in [-0.25, -0.2) is 0 Å². The molecule has 0 spiro atoms. The van der Waals surface area contributed by atoms with Gasteiger partial charge in [-0.15, -0.1) is 0 Å². The third kappa shape index (κ3) is 8.84. The van der Waals surface area contributed by atoms with Crippen molar-refractivity contribution in [3.05, 3.63) is 0 Å². The van der Waals surface area contributed by atoms with Gasteiger partial charge in [0.05, 0.1) is 24.4 Å². The number of hydrogen-bond donors (Lipinski definition) is 4. The Kier molecular flexibility index (Phi) is 15.5. The quantitative estimate of drug-likeness (QED) is 0.235. The zero-order valence-electron chi connectivity index (χ0n) is 22.5. The second-order valence-electron chi connectivity index (χ2n) is 10.3. The molecule has 6 atom stereocenters. The molecule has 0 radical (unpaired) electrons. The Bertz CT molecular complexity index is 431. The van der Waals surface area contributed by atoms with E-state index in [-0.39, 0.29) is 0 Å². The zero-order chi connectivity index (χ0) is 24.9. The van der Waals surface area contributed by atoms with Gasteiger partial charge in [-0.2, -0.15) is 0 Å². The first-order valence-corrected chi connectivity index (χ1v) is 13.2. The van der Waals surface area contributed by atoms with Gasteiger partial charge >= 0.3 is 0 Å². The second-order valence-corrected chi connectivity index (χ2v) is 10.3. The molecule has 0 aliphatic rings. The molecule has 6 unspecified atom stereocenters. The Hall–Kier alpha value is -0.240. The summed E-state index contributed by atoms with van der Waals surface area (Å²) in [6.45, 7) is 18.7. The van der Waals surface area contributed by atoms with Crippen molar-refractivity contribution >= 4 is 0 Å². The molecule has 32 heavy (non-hydrogen) atoms. The second kappa shape index (κ2) is 15.6. The fourth-order valence-corrected chi connectivity index (χ4v) is 6.15. The lowest BCUT2D eigenvalue weighted by molar-refractivity contribution is -0.135. The van der Waals surface area contributed by atoms with Gasteiger partial charge in [-0.3, -0.25) is 9.80 Å². The average Bonchev–Trinajstić information content (AvgIpc) is 2.65. The minimum Gasteiger partial charge on any atom is -0.393 e. The molecule has 6 heteroatoms. The molecule has 0 aliphatic heterocycles. The van der Waals surface area contributed by atoms with Gasteiger partial charge in [0, 0.05) is 24.2 Å². The summed E-state index contributed by atoms with van der Waals surface area (Å²) in [6, 6.07) is 0. The highest BCUT2D eigenvalue weighted by atomic mass is 16.3. The zero-order valence-corrected chi connectivity index (χ0v) is 22.5. The van der Waals surface area contributed by atoms with E-state index in [2.05, 4.69) is 37.5 Å². The van der Waals surface area contributed by atoms with E-state index in [0.717, 1.165) is 51.6 Å². The van der Waals surface area contributed by atoms with Crippen LogP contribution >= 0.6 is 0 Å². The van der Waals surface area contributed by atoms with Crippen molar-refractivity contribution in [2.45, 2.75) is 142 Å². The average molecular weight is 461 g/mol. The van der Waals surface area contributed by atoms with Crippen molar-refractivity contribution < 1.29 is 20.4 Å². The van der Waals surface area contributed by atoms with Gasteiger partial charge in [-0.05, 0) is 79.3 Å². The highest BCUT2D eigenvalue weighted by Crippen LogP contribution is 2.47. The summed E-state index contributed by atoms with van der Waals surface area (Å²) < 4.78 is 0. The van der Waals surface area contributed by atoms with Gasteiger partial charge in [0.25, 0.3) is 0 Å². The predicted molar refractivity (Wildman–Crippen MR) is 135 cm³/mol. The van der Waals surface area contributed by atoms with Crippen LogP contribution in [0.1, 0.15) is 107 Å². The van der Waals surface area contributed by atoms with Crippen molar-refractivity contribution in [1.29, 1.82) is 0 Å². The van der Waals surface area contributed by atoms with Crippen LogP contribution in [0.5, 0.6) is 0 Å². The maximum Gasteiger partial charge on any atom is 0.0639 e. The Morgan fingerprint density at radius 1 is 0.531 bits per heavy atom. The van der Waals surface area contributed by atoms with Crippen molar-refractivity contribution in [2.24, 2.45) is 0 Å². The molecular weight excluding hydrogens is 404 g/mol. The SMILES string of the molecule is CCCN(CC(C)O)C(CCC)(CC(C)O)C(CCC)(CC(C)O)N(CCC)CC(C)O. The minimum absolute atomic E-state index is 0.444. The normalized spacial score (nSPS) is 20.1. The molecule has 0 saturated carbocycles. The number of nitrogens with zero attached hydrogens (tertiary/aromatic N) is 2. The highest BCUT2D eigenvalue weighted by molar-refractivity contribution is 5.14. The van der Waals surface area contributed by atoms with E-state index in [1.54, 1.807) is 0 Å². The molecule has 0 fully saturated rings. The standard InChI is InChI=1S/C26H56N2O4/c1-9-13-25(17-21(5)29,27(15-11-3)19-23(7)31)26(14-10-2,18-22(6)30)28(16-12-4)20-24(8)32/h21-24,29-32H,9-20H2,1-8H3. The summed E-state index contributed by atoms with van der Waals surface area (Å²) in [5, 5.41) is 42.6. The molecule has 0 amide bonds. The number of β-amino-alcohol motifs (C(OH)–C–C–N with tert-alkyl or cyclic N) is 2. The van der Waals surface area contributed by atoms with Crippen LogP contribution in [0, 0.1) is 0 Å². The smallest absolute Gasteiger partial charge is 0.0639 e. The molecule has 194 valence electrons.